The van der Waals surface area contributed by atoms with Crippen molar-refractivity contribution in [3.63, 3.8) is 0 Å². The van der Waals surface area contributed by atoms with Crippen LogP contribution >= 0.6 is 11.6 Å². The lowest BCUT2D eigenvalue weighted by Gasteiger charge is -2.32. The van der Waals surface area contributed by atoms with Crippen LogP contribution in [0.4, 0.5) is 32.2 Å². The lowest BCUT2D eigenvalue weighted by molar-refractivity contribution is -0.137. The summed E-state index contributed by atoms with van der Waals surface area (Å²) >= 11 is 6.39. The number of nitrogen functional groups attached to an aromatic ring is 1. The largest absolute Gasteiger partial charge is 0.462 e. The number of nitrogens with one attached hydrogen (secondary N) is 2. The first-order valence-electron chi connectivity index (χ1n) is 14.5. The molecule has 2 aliphatic rings. The SMILES string of the molecule is Cc1cc(N)nc(-c2c(Cl)cc3c(C=C(F)C(=O)N4CCN[C@H](CC#N)C4)nc(OC[C@@H]4C[C@@H](CF)CN4)nc3c2F)c1C(F)(F)F. The molecule has 0 spiro atoms. The van der Waals surface area contributed by atoms with E-state index in [0.717, 1.165) is 25.1 Å². The van der Waals surface area contributed by atoms with Gasteiger partial charge in [-0.15, -0.1) is 0 Å². The zero-order chi connectivity index (χ0) is 34.0. The summed E-state index contributed by atoms with van der Waals surface area (Å²) in [6.45, 7) is 1.42. The number of anilines is 1. The first kappa shape index (κ1) is 34.1. The number of ether oxygens (including phenoxy) is 1. The Morgan fingerprint density at radius 3 is 2.70 bits per heavy atom. The van der Waals surface area contributed by atoms with Gasteiger partial charge in [0.1, 0.15) is 17.9 Å². The van der Waals surface area contributed by atoms with E-state index >= 15 is 8.78 Å². The molecule has 0 radical (unpaired) electrons. The average molecular weight is 683 g/mol. The quantitative estimate of drug-likeness (QED) is 0.227. The Hall–Kier alpha value is -4.20. The fourth-order valence-electron chi connectivity index (χ4n) is 5.74. The maximum atomic E-state index is 16.4. The standard InChI is InChI=1S/C30H29ClF6N8O2/c1-14-6-22(39)43-27(24(14)30(35,36)37)23-19(31)8-18-21(9-20(33)28(46)45-5-4-40-16(12-45)2-3-38)42-29(44-26(18)25(23)34)47-13-17-7-15(10-32)11-41-17/h6,8-9,15-17,40-41H,2,4-5,7,10-13H2,1H3,(H2,39,43)/t15-,16+,17-/m0/s1. The molecule has 2 aliphatic heterocycles. The summed E-state index contributed by atoms with van der Waals surface area (Å²) in [5.41, 5.74) is 1.57. The number of alkyl halides is 4. The van der Waals surface area contributed by atoms with E-state index in [9.17, 15) is 22.4 Å². The zero-order valence-electron chi connectivity index (χ0n) is 24.9. The molecule has 250 valence electrons. The highest BCUT2D eigenvalue weighted by molar-refractivity contribution is 6.34. The van der Waals surface area contributed by atoms with Crippen molar-refractivity contribution in [1.82, 2.24) is 30.5 Å². The molecule has 1 amide bonds. The number of hydrogen-bond acceptors (Lipinski definition) is 9. The van der Waals surface area contributed by atoms with Crippen molar-refractivity contribution in [3.8, 4) is 23.3 Å². The van der Waals surface area contributed by atoms with Crippen LogP contribution in [0.15, 0.2) is 18.0 Å². The van der Waals surface area contributed by atoms with Gasteiger partial charge in [0, 0.05) is 55.6 Å². The second-order valence-corrected chi connectivity index (χ2v) is 11.8. The molecule has 0 saturated carbocycles. The van der Waals surface area contributed by atoms with Gasteiger partial charge in [0.25, 0.3) is 5.91 Å². The molecule has 0 bridgehead atoms. The summed E-state index contributed by atoms with van der Waals surface area (Å²) in [5, 5.41) is 14.4. The highest BCUT2D eigenvalue weighted by Gasteiger charge is 2.38. The van der Waals surface area contributed by atoms with E-state index in [4.69, 9.17) is 27.3 Å². The highest BCUT2D eigenvalue weighted by atomic mass is 35.5. The second kappa shape index (κ2) is 13.9. The van der Waals surface area contributed by atoms with Crippen molar-refractivity contribution in [1.29, 1.82) is 5.26 Å². The van der Waals surface area contributed by atoms with Crippen LogP contribution in [0, 0.1) is 30.0 Å². The van der Waals surface area contributed by atoms with Gasteiger partial charge in [0.15, 0.2) is 11.6 Å². The van der Waals surface area contributed by atoms with E-state index in [2.05, 4.69) is 25.6 Å². The van der Waals surface area contributed by atoms with Crippen LogP contribution in [0.1, 0.15) is 29.7 Å². The fraction of sp³-hybridized carbons (Fsp3) is 0.433. The molecule has 3 aromatic rings. The molecule has 0 unspecified atom stereocenters. The smallest absolute Gasteiger partial charge is 0.418 e. The van der Waals surface area contributed by atoms with Crippen LogP contribution in [0.2, 0.25) is 5.02 Å². The minimum Gasteiger partial charge on any atom is -0.462 e. The van der Waals surface area contributed by atoms with E-state index in [1.54, 1.807) is 0 Å². The molecule has 1 aromatic carbocycles. The van der Waals surface area contributed by atoms with Gasteiger partial charge in [-0.25, -0.2) is 13.8 Å². The van der Waals surface area contributed by atoms with Crippen molar-refractivity contribution in [2.45, 2.75) is 38.0 Å². The second-order valence-electron chi connectivity index (χ2n) is 11.3. The van der Waals surface area contributed by atoms with E-state index in [-0.39, 0.29) is 66.6 Å². The molecule has 0 aliphatic carbocycles. The van der Waals surface area contributed by atoms with Gasteiger partial charge in [-0.1, -0.05) is 11.6 Å². The number of carbonyl (C=O) groups is 1. The number of aromatic nitrogens is 3. The summed E-state index contributed by atoms with van der Waals surface area (Å²) in [6.07, 6.45) is -3.73. The molecule has 4 heterocycles. The summed E-state index contributed by atoms with van der Waals surface area (Å²) in [6, 6.07) is 2.85. The maximum absolute atomic E-state index is 16.4. The van der Waals surface area contributed by atoms with Crippen molar-refractivity contribution >= 4 is 40.3 Å². The number of hydrogen-bond donors (Lipinski definition) is 3. The highest BCUT2D eigenvalue weighted by Crippen LogP contribution is 2.44. The van der Waals surface area contributed by atoms with E-state index < -0.39 is 63.8 Å². The van der Waals surface area contributed by atoms with Gasteiger partial charge in [-0.2, -0.15) is 28.4 Å². The number of fused-ring (bicyclic) bond motifs is 1. The first-order valence-corrected chi connectivity index (χ1v) is 14.9. The lowest BCUT2D eigenvalue weighted by Crippen LogP contribution is -2.52. The third-order valence-corrected chi connectivity index (χ3v) is 8.24. The van der Waals surface area contributed by atoms with Crippen LogP contribution in [0.5, 0.6) is 6.01 Å². The first-order chi connectivity index (χ1) is 22.3. The van der Waals surface area contributed by atoms with Crippen LogP contribution in [-0.2, 0) is 11.0 Å². The third-order valence-electron chi connectivity index (χ3n) is 7.94. The number of piperazine rings is 1. The minimum atomic E-state index is -4.97. The van der Waals surface area contributed by atoms with Crippen LogP contribution < -0.4 is 21.1 Å². The number of nitrogens with two attached hydrogens (primary N) is 1. The summed E-state index contributed by atoms with van der Waals surface area (Å²) in [4.78, 5) is 26.2. The molecule has 5 rings (SSSR count). The van der Waals surface area contributed by atoms with Crippen LogP contribution in [-0.4, -0.2) is 77.3 Å². The van der Waals surface area contributed by atoms with Gasteiger partial charge in [-0.3, -0.25) is 9.18 Å². The Morgan fingerprint density at radius 2 is 2.02 bits per heavy atom. The molecule has 47 heavy (non-hydrogen) atoms. The number of rotatable bonds is 8. The van der Waals surface area contributed by atoms with Crippen molar-refractivity contribution in [2.75, 3.05) is 45.2 Å². The predicted octanol–water partition coefficient (Wildman–Crippen LogP) is 4.74. The van der Waals surface area contributed by atoms with E-state index in [1.165, 1.54) is 4.90 Å². The molecule has 3 atom stereocenters. The molecular formula is C30H29ClF6N8O2. The zero-order valence-corrected chi connectivity index (χ0v) is 25.7. The molecule has 10 nitrogen and oxygen atoms in total. The number of carbonyl (C=O) groups excluding carboxylic acids is 1. The number of amides is 1. The Bertz CT molecular complexity index is 1770. The predicted molar refractivity (Wildman–Crippen MR) is 161 cm³/mol. The van der Waals surface area contributed by atoms with Crippen molar-refractivity contribution in [2.24, 2.45) is 5.92 Å². The number of benzene rings is 1. The van der Waals surface area contributed by atoms with Gasteiger partial charge in [-0.05, 0) is 31.0 Å². The number of halogens is 7. The van der Waals surface area contributed by atoms with Gasteiger partial charge in [0.05, 0.1) is 46.7 Å². The summed E-state index contributed by atoms with van der Waals surface area (Å²) < 4.78 is 93.2. The summed E-state index contributed by atoms with van der Waals surface area (Å²) in [7, 11) is 0. The third kappa shape index (κ3) is 7.37. The van der Waals surface area contributed by atoms with Crippen LogP contribution in [0.3, 0.4) is 0 Å². The topological polar surface area (TPSA) is 142 Å². The van der Waals surface area contributed by atoms with Gasteiger partial charge in [0.2, 0.25) is 0 Å². The Balaban J connectivity index is 1.62. The molecule has 2 fully saturated rings. The minimum absolute atomic E-state index is 0.0543. The fourth-order valence-corrected chi connectivity index (χ4v) is 6.02. The van der Waals surface area contributed by atoms with E-state index in [0.29, 0.717) is 19.5 Å². The molecule has 17 heteroatoms. The van der Waals surface area contributed by atoms with Gasteiger partial charge >= 0.3 is 12.2 Å². The Morgan fingerprint density at radius 1 is 1.26 bits per heavy atom. The van der Waals surface area contributed by atoms with Crippen LogP contribution in [0.25, 0.3) is 28.2 Å². The van der Waals surface area contributed by atoms with Crippen molar-refractivity contribution < 1.29 is 35.9 Å². The average Bonchev–Trinajstić information content (AvgIpc) is 3.47. The molecule has 2 saturated heterocycles. The van der Waals surface area contributed by atoms with Crippen molar-refractivity contribution in [3.05, 3.63) is 45.6 Å². The van der Waals surface area contributed by atoms with E-state index in [1.807, 2.05) is 6.07 Å². The maximum Gasteiger partial charge on any atom is 0.418 e. The van der Waals surface area contributed by atoms with Gasteiger partial charge < -0.3 is 26.0 Å². The molecule has 4 N–H and O–H groups in total. The molecule has 2 aromatic heterocycles. The number of nitriles is 1. The Labute approximate surface area is 269 Å². The normalized spacial score (nSPS) is 20.4. The number of nitrogens with zero attached hydrogens (tertiary/aromatic N) is 5. The number of pyridine rings is 1. The monoisotopic (exact) mass is 682 g/mol. The number of aryl methyl sites for hydroxylation is 1. The lowest BCUT2D eigenvalue weighted by atomic mass is 9.98. The Kier molecular flexibility index (Phi) is 10.1. The summed E-state index contributed by atoms with van der Waals surface area (Å²) in [5.74, 6) is -4.21. The molecular weight excluding hydrogens is 654 g/mol.